The van der Waals surface area contributed by atoms with Crippen molar-refractivity contribution in [1.82, 2.24) is 5.32 Å². The number of nitrogens with one attached hydrogen (secondary N) is 1. The number of anilines is 1. The van der Waals surface area contributed by atoms with Crippen molar-refractivity contribution in [3.05, 3.63) is 65.2 Å². The number of carbonyl (C=O) groups excluding carboxylic acids is 1. The van der Waals surface area contributed by atoms with Crippen LogP contribution in [0.4, 0.5) is 5.69 Å². The van der Waals surface area contributed by atoms with Gasteiger partial charge in [0.25, 0.3) is 0 Å². The van der Waals surface area contributed by atoms with Crippen LogP contribution in [0.1, 0.15) is 25.3 Å². The van der Waals surface area contributed by atoms with Crippen LogP contribution in [0.15, 0.2) is 54.6 Å². The summed E-state index contributed by atoms with van der Waals surface area (Å²) in [6, 6.07) is 15.5. The average molecular weight is 409 g/mol. The second kappa shape index (κ2) is 9.76. The lowest BCUT2D eigenvalue weighted by Gasteiger charge is -2.30. The maximum absolute atomic E-state index is 12.7. The fraction of sp³-hybridized carbons (Fsp3) is 0.350. The maximum atomic E-state index is 12.7. The average Bonchev–Trinajstić information content (AvgIpc) is 2.64. The van der Waals surface area contributed by atoms with Crippen molar-refractivity contribution < 1.29 is 13.2 Å². The quantitative estimate of drug-likeness (QED) is 0.644. The summed E-state index contributed by atoms with van der Waals surface area (Å²) >= 11 is 5.87. The minimum atomic E-state index is -3.59. The van der Waals surface area contributed by atoms with Crippen molar-refractivity contribution in [3.8, 4) is 0 Å². The molecule has 2 rings (SSSR count). The highest BCUT2D eigenvalue weighted by atomic mass is 35.5. The van der Waals surface area contributed by atoms with E-state index in [1.54, 1.807) is 31.2 Å². The summed E-state index contributed by atoms with van der Waals surface area (Å²) in [5.41, 5.74) is 1.63. The summed E-state index contributed by atoms with van der Waals surface area (Å²) in [6.07, 6.45) is 3.07. The van der Waals surface area contributed by atoms with E-state index in [0.717, 1.165) is 24.7 Å². The Morgan fingerprint density at radius 2 is 1.74 bits per heavy atom. The number of rotatable bonds is 9. The van der Waals surface area contributed by atoms with Crippen LogP contribution >= 0.6 is 11.6 Å². The van der Waals surface area contributed by atoms with Crippen LogP contribution < -0.4 is 9.62 Å². The topological polar surface area (TPSA) is 66.5 Å². The third-order valence-electron chi connectivity index (χ3n) is 4.20. The minimum absolute atomic E-state index is 0.289. The molecule has 1 amide bonds. The van der Waals surface area contributed by atoms with Gasteiger partial charge in [0.2, 0.25) is 15.9 Å². The molecular weight excluding hydrogens is 384 g/mol. The number of sulfonamides is 1. The molecule has 2 aromatic carbocycles. The molecule has 0 spiro atoms. The molecular formula is C20H25ClN2O3S. The molecule has 27 heavy (non-hydrogen) atoms. The molecule has 0 aromatic heterocycles. The van der Waals surface area contributed by atoms with Crippen LogP contribution in [-0.4, -0.2) is 33.2 Å². The first-order chi connectivity index (χ1) is 12.8. The van der Waals surface area contributed by atoms with Crippen molar-refractivity contribution in [3.63, 3.8) is 0 Å². The van der Waals surface area contributed by atoms with Gasteiger partial charge in [-0.3, -0.25) is 9.10 Å². The van der Waals surface area contributed by atoms with E-state index in [1.165, 1.54) is 4.31 Å². The number of hydrogen-bond acceptors (Lipinski definition) is 3. The van der Waals surface area contributed by atoms with Gasteiger partial charge in [-0.1, -0.05) is 48.9 Å². The molecule has 146 valence electrons. The first-order valence-electron chi connectivity index (χ1n) is 8.89. The summed E-state index contributed by atoms with van der Waals surface area (Å²) in [4.78, 5) is 12.7. The normalized spacial score (nSPS) is 12.4. The Kier molecular flexibility index (Phi) is 7.68. The molecule has 2 aromatic rings. The first-order valence-corrected chi connectivity index (χ1v) is 11.1. The first kappa shape index (κ1) is 21.3. The van der Waals surface area contributed by atoms with Crippen molar-refractivity contribution >= 4 is 33.2 Å². The molecule has 0 fully saturated rings. The standard InChI is InChI=1S/C20H25ClN2O3S/c1-3-19(23(27(2,25)26)18-9-5-4-6-10-18)20(24)22-15-7-8-16-11-13-17(21)14-12-16/h4-6,9-14,19H,3,7-8,15H2,1-2H3,(H,22,24)/t19-/m0/s1. The van der Waals surface area contributed by atoms with E-state index in [4.69, 9.17) is 11.6 Å². The number of amides is 1. The smallest absolute Gasteiger partial charge is 0.243 e. The van der Waals surface area contributed by atoms with E-state index >= 15 is 0 Å². The fourth-order valence-electron chi connectivity index (χ4n) is 2.91. The van der Waals surface area contributed by atoms with Crippen LogP contribution in [0.25, 0.3) is 0 Å². The minimum Gasteiger partial charge on any atom is -0.354 e. The monoisotopic (exact) mass is 408 g/mol. The molecule has 0 saturated carbocycles. The second-order valence-electron chi connectivity index (χ2n) is 6.34. The van der Waals surface area contributed by atoms with Gasteiger partial charge in [-0.2, -0.15) is 0 Å². The number of hydrogen-bond donors (Lipinski definition) is 1. The lowest BCUT2D eigenvalue weighted by molar-refractivity contribution is -0.122. The van der Waals surface area contributed by atoms with Crippen molar-refractivity contribution in [2.45, 2.75) is 32.2 Å². The molecule has 5 nitrogen and oxygen atoms in total. The van der Waals surface area contributed by atoms with Gasteiger partial charge in [-0.25, -0.2) is 8.42 Å². The third-order valence-corrected chi connectivity index (χ3v) is 5.63. The molecule has 1 atom stereocenters. The second-order valence-corrected chi connectivity index (χ2v) is 8.64. The Bertz CT molecular complexity index is 839. The van der Waals surface area contributed by atoms with E-state index in [2.05, 4.69) is 5.32 Å². The number of halogens is 1. The zero-order valence-corrected chi connectivity index (χ0v) is 17.1. The zero-order chi connectivity index (χ0) is 19.9. The highest BCUT2D eigenvalue weighted by Gasteiger charge is 2.31. The molecule has 7 heteroatoms. The van der Waals surface area contributed by atoms with E-state index < -0.39 is 16.1 Å². The number of para-hydroxylation sites is 1. The lowest BCUT2D eigenvalue weighted by Crippen LogP contribution is -2.49. The molecule has 0 heterocycles. The van der Waals surface area contributed by atoms with Crippen molar-refractivity contribution in [2.24, 2.45) is 0 Å². The van der Waals surface area contributed by atoms with Gasteiger partial charge >= 0.3 is 0 Å². The predicted molar refractivity (Wildman–Crippen MR) is 111 cm³/mol. The van der Waals surface area contributed by atoms with Crippen LogP contribution in [-0.2, 0) is 21.2 Å². The molecule has 0 bridgehead atoms. The van der Waals surface area contributed by atoms with E-state index in [9.17, 15) is 13.2 Å². The third kappa shape index (κ3) is 6.26. The Morgan fingerprint density at radius 3 is 2.30 bits per heavy atom. The predicted octanol–water partition coefficient (Wildman–Crippen LogP) is 3.63. The molecule has 0 radical (unpaired) electrons. The molecule has 0 unspecified atom stereocenters. The number of nitrogens with zero attached hydrogens (tertiary/aromatic N) is 1. The molecule has 0 aliphatic carbocycles. The van der Waals surface area contributed by atoms with Gasteiger partial charge in [0, 0.05) is 11.6 Å². The molecule has 0 aliphatic heterocycles. The summed E-state index contributed by atoms with van der Waals surface area (Å²) in [5, 5.41) is 3.56. The molecule has 0 saturated heterocycles. The Hall–Kier alpha value is -2.05. The zero-order valence-electron chi connectivity index (χ0n) is 15.6. The van der Waals surface area contributed by atoms with Crippen molar-refractivity contribution in [1.29, 1.82) is 0 Å². The largest absolute Gasteiger partial charge is 0.354 e. The highest BCUT2D eigenvalue weighted by Crippen LogP contribution is 2.22. The van der Waals surface area contributed by atoms with Crippen LogP contribution in [0.2, 0.25) is 5.02 Å². The summed E-state index contributed by atoms with van der Waals surface area (Å²) in [5.74, 6) is -0.289. The SMILES string of the molecule is CC[C@@H](C(=O)NCCCc1ccc(Cl)cc1)N(c1ccccc1)S(C)(=O)=O. The lowest BCUT2D eigenvalue weighted by atomic mass is 10.1. The van der Waals surface area contributed by atoms with Gasteiger partial charge in [0.05, 0.1) is 11.9 Å². The van der Waals surface area contributed by atoms with Crippen LogP contribution in [0, 0.1) is 0 Å². The Balaban J connectivity index is 1.99. The van der Waals surface area contributed by atoms with Gasteiger partial charge in [0.15, 0.2) is 0 Å². The van der Waals surface area contributed by atoms with Gasteiger partial charge < -0.3 is 5.32 Å². The van der Waals surface area contributed by atoms with E-state index in [-0.39, 0.29) is 5.91 Å². The van der Waals surface area contributed by atoms with Crippen molar-refractivity contribution in [2.75, 3.05) is 17.1 Å². The maximum Gasteiger partial charge on any atom is 0.243 e. The van der Waals surface area contributed by atoms with Crippen LogP contribution in [0.5, 0.6) is 0 Å². The summed E-state index contributed by atoms with van der Waals surface area (Å²) in [7, 11) is -3.59. The van der Waals surface area contributed by atoms with Gasteiger partial charge in [0.1, 0.15) is 6.04 Å². The van der Waals surface area contributed by atoms with Crippen LogP contribution in [0.3, 0.4) is 0 Å². The Morgan fingerprint density at radius 1 is 1.11 bits per heavy atom. The van der Waals surface area contributed by atoms with E-state index in [1.807, 2.05) is 30.3 Å². The van der Waals surface area contributed by atoms with Gasteiger partial charge in [-0.05, 0) is 49.1 Å². The summed E-state index contributed by atoms with van der Waals surface area (Å²) in [6.45, 7) is 2.28. The molecule has 1 N–H and O–H groups in total. The number of aryl methyl sites for hydroxylation is 1. The van der Waals surface area contributed by atoms with Gasteiger partial charge in [-0.15, -0.1) is 0 Å². The Labute approximate surface area is 166 Å². The number of carbonyl (C=O) groups is 1. The highest BCUT2D eigenvalue weighted by molar-refractivity contribution is 7.92. The fourth-order valence-corrected chi connectivity index (χ4v) is 4.25. The summed E-state index contributed by atoms with van der Waals surface area (Å²) < 4.78 is 25.8. The molecule has 0 aliphatic rings. The van der Waals surface area contributed by atoms with E-state index in [0.29, 0.717) is 23.7 Å². The number of benzene rings is 2.